The fourth-order valence-corrected chi connectivity index (χ4v) is 2.70. The highest BCUT2D eigenvalue weighted by Crippen LogP contribution is 2.19. The van der Waals surface area contributed by atoms with Crippen molar-refractivity contribution in [3.05, 3.63) is 65.7 Å². The van der Waals surface area contributed by atoms with E-state index >= 15 is 0 Å². The molecular weight excluding hydrogens is 300 g/mol. The van der Waals surface area contributed by atoms with Crippen LogP contribution < -0.4 is 10.6 Å². The number of hydrogen-bond acceptors (Lipinski definition) is 2. The predicted molar refractivity (Wildman–Crippen MR) is 98.2 cm³/mol. The molecular formula is C20H26N2O2. The summed E-state index contributed by atoms with van der Waals surface area (Å²) < 4.78 is 0. The first-order valence-electron chi connectivity index (χ1n) is 8.38. The zero-order valence-corrected chi connectivity index (χ0v) is 14.3. The number of carbonyl (C=O) groups excluding carboxylic acids is 1. The van der Waals surface area contributed by atoms with Crippen molar-refractivity contribution in [3.8, 4) is 0 Å². The summed E-state index contributed by atoms with van der Waals surface area (Å²) >= 11 is 0. The summed E-state index contributed by atoms with van der Waals surface area (Å²) in [5, 5.41) is 15.1. The molecule has 0 fully saturated rings. The average molecular weight is 326 g/mol. The number of carbonyl (C=O) groups is 1. The molecule has 128 valence electrons. The van der Waals surface area contributed by atoms with E-state index in [4.69, 9.17) is 0 Å². The van der Waals surface area contributed by atoms with Crippen LogP contribution in [0.3, 0.4) is 0 Å². The highest BCUT2D eigenvalue weighted by atomic mass is 16.3. The summed E-state index contributed by atoms with van der Waals surface area (Å²) in [6, 6.07) is 17.4. The lowest BCUT2D eigenvalue weighted by molar-refractivity contribution is 0.214. The van der Waals surface area contributed by atoms with E-state index in [0.717, 1.165) is 24.1 Å². The van der Waals surface area contributed by atoms with Crippen LogP contribution in [0.2, 0.25) is 0 Å². The minimum Gasteiger partial charge on any atom is -0.394 e. The highest BCUT2D eigenvalue weighted by Gasteiger charge is 2.14. The number of amides is 2. The zero-order valence-electron chi connectivity index (χ0n) is 14.3. The van der Waals surface area contributed by atoms with Crippen LogP contribution >= 0.6 is 0 Å². The first-order valence-corrected chi connectivity index (χ1v) is 8.38. The molecule has 0 spiro atoms. The third-order valence-electron chi connectivity index (χ3n) is 3.81. The van der Waals surface area contributed by atoms with Gasteiger partial charge in [-0.3, -0.25) is 0 Å². The van der Waals surface area contributed by atoms with E-state index < -0.39 is 0 Å². The summed E-state index contributed by atoms with van der Waals surface area (Å²) in [4.78, 5) is 12.2. The molecule has 0 saturated heterocycles. The van der Waals surface area contributed by atoms with Gasteiger partial charge in [-0.15, -0.1) is 0 Å². The number of anilines is 1. The van der Waals surface area contributed by atoms with Crippen molar-refractivity contribution in [1.82, 2.24) is 5.32 Å². The molecule has 2 amide bonds. The quantitative estimate of drug-likeness (QED) is 0.724. The summed E-state index contributed by atoms with van der Waals surface area (Å²) in [5.41, 5.74) is 3.04. The fraction of sp³-hybridized carbons (Fsp3) is 0.350. The first-order chi connectivity index (χ1) is 11.6. The van der Waals surface area contributed by atoms with Gasteiger partial charge >= 0.3 is 6.03 Å². The Morgan fingerprint density at radius 3 is 2.38 bits per heavy atom. The van der Waals surface area contributed by atoms with E-state index in [9.17, 15) is 9.90 Å². The molecule has 0 heterocycles. The fourth-order valence-electron chi connectivity index (χ4n) is 2.70. The predicted octanol–water partition coefficient (Wildman–Crippen LogP) is 3.81. The molecule has 3 N–H and O–H groups in total. The summed E-state index contributed by atoms with van der Waals surface area (Å²) in [5.74, 6) is 0.410. The molecule has 0 aromatic heterocycles. The van der Waals surface area contributed by atoms with Gasteiger partial charge in [0.25, 0.3) is 0 Å². The number of hydrogen-bond donors (Lipinski definition) is 3. The van der Waals surface area contributed by atoms with E-state index in [-0.39, 0.29) is 18.7 Å². The minimum absolute atomic E-state index is 0.0583. The Morgan fingerprint density at radius 2 is 1.71 bits per heavy atom. The molecule has 0 saturated carbocycles. The second-order valence-electron chi connectivity index (χ2n) is 6.43. The van der Waals surface area contributed by atoms with Crippen molar-refractivity contribution < 1.29 is 9.90 Å². The molecule has 24 heavy (non-hydrogen) atoms. The van der Waals surface area contributed by atoms with Crippen LogP contribution in [0.4, 0.5) is 10.5 Å². The van der Waals surface area contributed by atoms with Gasteiger partial charge < -0.3 is 15.7 Å². The monoisotopic (exact) mass is 326 g/mol. The van der Waals surface area contributed by atoms with Gasteiger partial charge in [-0.1, -0.05) is 62.4 Å². The maximum Gasteiger partial charge on any atom is 0.319 e. The van der Waals surface area contributed by atoms with Crippen LogP contribution in [0.15, 0.2) is 54.6 Å². The van der Waals surface area contributed by atoms with E-state index in [2.05, 4.69) is 36.6 Å². The molecule has 4 heteroatoms. The third-order valence-corrected chi connectivity index (χ3v) is 3.81. The summed E-state index contributed by atoms with van der Waals surface area (Å²) in [6.07, 6.45) is 1.50. The van der Waals surface area contributed by atoms with Crippen LogP contribution in [0.25, 0.3) is 0 Å². The van der Waals surface area contributed by atoms with Crippen LogP contribution in [-0.2, 0) is 6.42 Å². The van der Waals surface area contributed by atoms with Gasteiger partial charge in [-0.25, -0.2) is 4.79 Å². The molecule has 0 aliphatic rings. The lowest BCUT2D eigenvalue weighted by Crippen LogP contribution is -2.41. The zero-order chi connectivity index (χ0) is 17.4. The molecule has 0 bridgehead atoms. The van der Waals surface area contributed by atoms with E-state index in [1.807, 2.05) is 42.5 Å². The van der Waals surface area contributed by atoms with Gasteiger partial charge in [0.15, 0.2) is 0 Å². The number of nitrogens with one attached hydrogen (secondary N) is 2. The maximum atomic E-state index is 12.2. The van der Waals surface area contributed by atoms with Gasteiger partial charge in [0.05, 0.1) is 12.6 Å². The van der Waals surface area contributed by atoms with Crippen molar-refractivity contribution >= 4 is 11.7 Å². The Balaban J connectivity index is 2.03. The van der Waals surface area contributed by atoms with Crippen molar-refractivity contribution in [2.75, 3.05) is 11.9 Å². The maximum absolute atomic E-state index is 12.2. The summed E-state index contributed by atoms with van der Waals surface area (Å²) in [7, 11) is 0. The van der Waals surface area contributed by atoms with Gasteiger partial charge in [0.2, 0.25) is 0 Å². The Hall–Kier alpha value is -2.33. The van der Waals surface area contributed by atoms with Gasteiger partial charge in [-0.05, 0) is 36.0 Å². The number of aliphatic hydroxyl groups is 1. The Labute approximate surface area is 143 Å². The average Bonchev–Trinajstić information content (AvgIpc) is 2.56. The normalized spacial score (nSPS) is 12.0. The third kappa shape index (κ3) is 5.70. The van der Waals surface area contributed by atoms with Crippen LogP contribution in [0.5, 0.6) is 0 Å². The number of aliphatic hydroxyl groups excluding tert-OH is 1. The number of benzene rings is 2. The number of urea groups is 1. The highest BCUT2D eigenvalue weighted by molar-refractivity contribution is 5.90. The van der Waals surface area contributed by atoms with E-state index in [1.165, 1.54) is 5.56 Å². The van der Waals surface area contributed by atoms with E-state index in [0.29, 0.717) is 5.92 Å². The van der Waals surface area contributed by atoms with Gasteiger partial charge in [0.1, 0.15) is 0 Å². The Kier molecular flexibility index (Phi) is 6.82. The smallest absolute Gasteiger partial charge is 0.319 e. The van der Waals surface area contributed by atoms with Crippen LogP contribution in [0, 0.1) is 5.92 Å². The van der Waals surface area contributed by atoms with Crippen LogP contribution in [0.1, 0.15) is 31.4 Å². The molecule has 2 rings (SSSR count). The number of rotatable bonds is 7. The lowest BCUT2D eigenvalue weighted by Gasteiger charge is -2.19. The molecule has 0 radical (unpaired) electrons. The minimum atomic E-state index is -0.282. The topological polar surface area (TPSA) is 61.4 Å². The molecule has 0 aliphatic heterocycles. The Morgan fingerprint density at radius 1 is 1.04 bits per heavy atom. The largest absolute Gasteiger partial charge is 0.394 e. The molecule has 1 unspecified atom stereocenters. The Bertz CT molecular complexity index is 641. The SMILES string of the molecule is CC(C)CC(CO)NC(=O)Nc1ccccc1Cc1ccccc1. The number of para-hydroxylation sites is 1. The van der Waals surface area contributed by atoms with Crippen molar-refractivity contribution in [2.45, 2.75) is 32.7 Å². The standard InChI is InChI=1S/C20H26N2O2/c1-15(2)12-18(14-23)21-20(24)22-19-11-7-6-10-17(19)13-16-8-4-3-5-9-16/h3-11,15,18,23H,12-14H2,1-2H3,(H2,21,22,24). The molecule has 4 nitrogen and oxygen atoms in total. The van der Waals surface area contributed by atoms with Crippen molar-refractivity contribution in [2.24, 2.45) is 5.92 Å². The summed E-state index contributed by atoms with van der Waals surface area (Å²) in [6.45, 7) is 4.08. The van der Waals surface area contributed by atoms with E-state index in [1.54, 1.807) is 0 Å². The molecule has 0 aliphatic carbocycles. The van der Waals surface area contributed by atoms with Gasteiger partial charge in [-0.2, -0.15) is 0 Å². The van der Waals surface area contributed by atoms with Crippen LogP contribution in [-0.4, -0.2) is 23.8 Å². The molecule has 2 aromatic rings. The molecule has 1 atom stereocenters. The molecule has 2 aromatic carbocycles. The van der Waals surface area contributed by atoms with Crippen molar-refractivity contribution in [3.63, 3.8) is 0 Å². The van der Waals surface area contributed by atoms with Gasteiger partial charge in [0, 0.05) is 5.69 Å². The second-order valence-corrected chi connectivity index (χ2v) is 6.43. The van der Waals surface area contributed by atoms with Crippen molar-refractivity contribution in [1.29, 1.82) is 0 Å². The lowest BCUT2D eigenvalue weighted by atomic mass is 10.0. The first kappa shape index (κ1) is 18.0. The second kappa shape index (κ2) is 9.08.